The normalized spacial score (nSPS) is 15.7. The molecular weight excluding hydrogens is 382 g/mol. The molecule has 1 aliphatic rings. The molecule has 4 aromatic rings. The van der Waals surface area contributed by atoms with Crippen LogP contribution in [0.15, 0.2) is 66.7 Å². The minimum atomic E-state index is -0.150. The molecule has 0 bridgehead atoms. The van der Waals surface area contributed by atoms with Gasteiger partial charge in [0.2, 0.25) is 0 Å². The van der Waals surface area contributed by atoms with E-state index in [9.17, 15) is 4.79 Å². The fraction of sp³-hybridized carbons (Fsp3) is 0.222. The molecule has 1 aromatic heterocycles. The number of aromatic amines is 1. The van der Waals surface area contributed by atoms with Crippen LogP contribution in [0.1, 0.15) is 39.6 Å². The van der Waals surface area contributed by atoms with E-state index >= 15 is 0 Å². The Labute approximate surface area is 182 Å². The van der Waals surface area contributed by atoms with Gasteiger partial charge in [-0.25, -0.2) is 4.79 Å². The predicted octanol–water partition coefficient (Wildman–Crippen LogP) is 6.27. The van der Waals surface area contributed by atoms with E-state index in [2.05, 4.69) is 85.7 Å². The molecule has 2 amide bonds. The highest BCUT2D eigenvalue weighted by atomic mass is 16.2. The lowest BCUT2D eigenvalue weighted by Crippen LogP contribution is -2.43. The topological polar surface area (TPSA) is 48.1 Å². The Morgan fingerprint density at radius 1 is 0.968 bits per heavy atom. The lowest BCUT2D eigenvalue weighted by atomic mass is 9.92. The number of fused-ring (bicyclic) bond motifs is 3. The number of anilines is 1. The van der Waals surface area contributed by atoms with Crippen LogP contribution in [-0.2, 0) is 6.42 Å². The first kappa shape index (κ1) is 19.4. The fourth-order valence-electron chi connectivity index (χ4n) is 4.57. The molecule has 1 atom stereocenters. The minimum Gasteiger partial charge on any atom is -0.356 e. The maximum atomic E-state index is 13.4. The zero-order valence-electron chi connectivity index (χ0n) is 18.2. The molecule has 31 heavy (non-hydrogen) atoms. The van der Waals surface area contributed by atoms with E-state index in [-0.39, 0.29) is 12.1 Å². The van der Waals surface area contributed by atoms with Gasteiger partial charge in [-0.1, -0.05) is 54.1 Å². The summed E-state index contributed by atoms with van der Waals surface area (Å²) in [4.78, 5) is 19.0. The molecule has 2 heterocycles. The van der Waals surface area contributed by atoms with Gasteiger partial charge in [-0.3, -0.25) is 0 Å². The molecule has 0 radical (unpaired) electrons. The fourth-order valence-corrected chi connectivity index (χ4v) is 4.57. The van der Waals surface area contributed by atoms with Crippen molar-refractivity contribution in [1.29, 1.82) is 0 Å². The summed E-state index contributed by atoms with van der Waals surface area (Å²) in [5.74, 6) is 0. The second-order valence-corrected chi connectivity index (χ2v) is 8.55. The SMILES string of the molecule is Cc1ccc([C@@H]2c3[nH]c4ccccc4c3CCN2C(=O)Nc2ccc(C)c(C)c2)cc1. The third kappa shape index (κ3) is 3.48. The van der Waals surface area contributed by atoms with Crippen LogP contribution in [0.2, 0.25) is 0 Å². The largest absolute Gasteiger partial charge is 0.356 e. The van der Waals surface area contributed by atoms with Gasteiger partial charge in [-0.15, -0.1) is 0 Å². The first-order valence-corrected chi connectivity index (χ1v) is 10.8. The van der Waals surface area contributed by atoms with Crippen LogP contribution in [0.25, 0.3) is 10.9 Å². The zero-order chi connectivity index (χ0) is 21.5. The van der Waals surface area contributed by atoms with Crippen molar-refractivity contribution in [2.24, 2.45) is 0 Å². The van der Waals surface area contributed by atoms with Crippen molar-refractivity contribution in [2.75, 3.05) is 11.9 Å². The second-order valence-electron chi connectivity index (χ2n) is 8.55. The van der Waals surface area contributed by atoms with E-state index < -0.39 is 0 Å². The highest BCUT2D eigenvalue weighted by molar-refractivity contribution is 5.91. The number of nitrogens with zero attached hydrogens (tertiary/aromatic N) is 1. The average molecular weight is 410 g/mol. The van der Waals surface area contributed by atoms with E-state index in [0.717, 1.165) is 28.9 Å². The number of urea groups is 1. The molecule has 1 aliphatic heterocycles. The second kappa shape index (κ2) is 7.62. The molecule has 5 rings (SSSR count). The lowest BCUT2D eigenvalue weighted by Gasteiger charge is -2.36. The average Bonchev–Trinajstić information content (AvgIpc) is 3.15. The van der Waals surface area contributed by atoms with Crippen molar-refractivity contribution in [1.82, 2.24) is 9.88 Å². The monoisotopic (exact) mass is 409 g/mol. The highest BCUT2D eigenvalue weighted by Gasteiger charge is 2.34. The van der Waals surface area contributed by atoms with Crippen molar-refractivity contribution in [2.45, 2.75) is 33.2 Å². The number of amides is 2. The summed E-state index contributed by atoms with van der Waals surface area (Å²) in [5.41, 5.74) is 9.11. The number of carbonyl (C=O) groups excluding carboxylic acids is 1. The Bertz CT molecular complexity index is 1270. The summed E-state index contributed by atoms with van der Waals surface area (Å²) in [6.07, 6.45) is 0.835. The van der Waals surface area contributed by atoms with Crippen LogP contribution in [0.3, 0.4) is 0 Å². The first-order valence-electron chi connectivity index (χ1n) is 10.8. The number of para-hydroxylation sites is 1. The number of H-pyrrole nitrogens is 1. The number of nitrogens with one attached hydrogen (secondary N) is 2. The molecule has 0 spiro atoms. The molecular formula is C27H27N3O. The standard InChI is InChI=1S/C27H27N3O/c1-17-8-11-20(12-9-17)26-25-23(22-6-4-5-7-24(22)29-25)14-15-30(26)27(31)28-21-13-10-18(2)19(3)16-21/h4-13,16,26,29H,14-15H2,1-3H3,(H,28,31)/t26-/m1/s1. The maximum absolute atomic E-state index is 13.4. The summed E-state index contributed by atoms with van der Waals surface area (Å²) in [7, 11) is 0. The smallest absolute Gasteiger partial charge is 0.322 e. The Morgan fingerprint density at radius 3 is 2.52 bits per heavy atom. The van der Waals surface area contributed by atoms with Crippen molar-refractivity contribution >= 4 is 22.6 Å². The van der Waals surface area contributed by atoms with Gasteiger partial charge < -0.3 is 15.2 Å². The van der Waals surface area contributed by atoms with Crippen LogP contribution in [0, 0.1) is 20.8 Å². The van der Waals surface area contributed by atoms with Crippen LogP contribution >= 0.6 is 0 Å². The van der Waals surface area contributed by atoms with Gasteiger partial charge in [0.05, 0.1) is 6.04 Å². The third-order valence-electron chi connectivity index (χ3n) is 6.45. The first-order chi connectivity index (χ1) is 15.0. The molecule has 2 N–H and O–H groups in total. The van der Waals surface area contributed by atoms with E-state index in [1.54, 1.807) is 0 Å². The summed E-state index contributed by atoms with van der Waals surface area (Å²) >= 11 is 0. The molecule has 0 aliphatic carbocycles. The van der Waals surface area contributed by atoms with Crippen molar-refractivity contribution in [3.05, 3.63) is 100 Å². The lowest BCUT2D eigenvalue weighted by molar-refractivity contribution is 0.193. The number of aryl methyl sites for hydroxylation is 3. The molecule has 0 saturated heterocycles. The van der Waals surface area contributed by atoms with Gasteiger partial charge in [-0.05, 0) is 67.6 Å². The summed E-state index contributed by atoms with van der Waals surface area (Å²) in [6, 6.07) is 22.7. The van der Waals surface area contributed by atoms with Gasteiger partial charge in [0.15, 0.2) is 0 Å². The van der Waals surface area contributed by atoms with E-state index in [4.69, 9.17) is 0 Å². The van der Waals surface area contributed by atoms with Gasteiger partial charge >= 0.3 is 6.03 Å². The van der Waals surface area contributed by atoms with E-state index in [1.807, 2.05) is 17.0 Å². The predicted molar refractivity (Wildman–Crippen MR) is 127 cm³/mol. The summed E-state index contributed by atoms with van der Waals surface area (Å²) < 4.78 is 0. The third-order valence-corrected chi connectivity index (χ3v) is 6.45. The quantitative estimate of drug-likeness (QED) is 0.402. The number of aromatic nitrogens is 1. The Kier molecular flexibility index (Phi) is 4.78. The molecule has 0 fully saturated rings. The molecule has 0 unspecified atom stereocenters. The van der Waals surface area contributed by atoms with Gasteiger partial charge in [0, 0.05) is 28.8 Å². The van der Waals surface area contributed by atoms with Gasteiger partial charge in [-0.2, -0.15) is 0 Å². The maximum Gasteiger partial charge on any atom is 0.322 e. The van der Waals surface area contributed by atoms with E-state index in [1.165, 1.54) is 27.6 Å². The number of rotatable bonds is 2. The van der Waals surface area contributed by atoms with Gasteiger partial charge in [0.25, 0.3) is 0 Å². The number of carbonyl (C=O) groups is 1. The number of hydrogen-bond donors (Lipinski definition) is 2. The zero-order valence-corrected chi connectivity index (χ0v) is 18.2. The molecule has 156 valence electrons. The molecule has 3 aromatic carbocycles. The van der Waals surface area contributed by atoms with Crippen molar-refractivity contribution in [3.8, 4) is 0 Å². The van der Waals surface area contributed by atoms with Gasteiger partial charge in [0.1, 0.15) is 0 Å². The van der Waals surface area contributed by atoms with Crippen LogP contribution in [-0.4, -0.2) is 22.5 Å². The Hall–Kier alpha value is -3.53. The molecule has 4 nitrogen and oxygen atoms in total. The summed E-state index contributed by atoms with van der Waals surface area (Å²) in [5, 5.41) is 4.38. The van der Waals surface area contributed by atoms with Crippen LogP contribution < -0.4 is 5.32 Å². The van der Waals surface area contributed by atoms with Crippen molar-refractivity contribution < 1.29 is 4.79 Å². The number of benzene rings is 3. The molecule has 4 heteroatoms. The van der Waals surface area contributed by atoms with Crippen molar-refractivity contribution in [3.63, 3.8) is 0 Å². The van der Waals surface area contributed by atoms with Crippen LogP contribution in [0.4, 0.5) is 10.5 Å². The Morgan fingerprint density at radius 2 is 1.74 bits per heavy atom. The molecule has 0 saturated carbocycles. The number of hydrogen-bond acceptors (Lipinski definition) is 1. The highest BCUT2D eigenvalue weighted by Crippen LogP contribution is 2.38. The Balaban J connectivity index is 1.56. The van der Waals surface area contributed by atoms with E-state index in [0.29, 0.717) is 6.54 Å². The minimum absolute atomic E-state index is 0.0712. The van der Waals surface area contributed by atoms with Crippen LogP contribution in [0.5, 0.6) is 0 Å². The summed E-state index contributed by atoms with van der Waals surface area (Å²) in [6.45, 7) is 6.90.